The van der Waals surface area contributed by atoms with Crippen molar-refractivity contribution in [3.05, 3.63) is 52.3 Å². The molecule has 1 heterocycles. The van der Waals surface area contributed by atoms with Crippen LogP contribution in [0.4, 0.5) is 0 Å². The zero-order valence-corrected chi connectivity index (χ0v) is 13.2. The van der Waals surface area contributed by atoms with Crippen LogP contribution in [-0.2, 0) is 11.3 Å². The van der Waals surface area contributed by atoms with Crippen LogP contribution < -0.4 is 10.9 Å². The lowest BCUT2D eigenvalue weighted by Crippen LogP contribution is -2.43. The molecular formula is C16H20N4O2. The van der Waals surface area contributed by atoms with Crippen molar-refractivity contribution < 1.29 is 9.59 Å². The monoisotopic (exact) mass is 300 g/mol. The molecule has 0 fully saturated rings. The average molecular weight is 300 g/mol. The van der Waals surface area contributed by atoms with Crippen molar-refractivity contribution in [2.75, 3.05) is 0 Å². The maximum absolute atomic E-state index is 12.1. The van der Waals surface area contributed by atoms with E-state index in [0.717, 1.165) is 22.5 Å². The van der Waals surface area contributed by atoms with Crippen molar-refractivity contribution in [3.8, 4) is 0 Å². The highest BCUT2D eigenvalue weighted by Crippen LogP contribution is 2.10. The summed E-state index contributed by atoms with van der Waals surface area (Å²) >= 11 is 0. The summed E-state index contributed by atoms with van der Waals surface area (Å²) < 4.78 is 1.59. The van der Waals surface area contributed by atoms with Crippen LogP contribution in [-0.4, -0.2) is 21.6 Å². The third kappa shape index (κ3) is 3.72. The minimum absolute atomic E-state index is 0.0623. The second-order valence-electron chi connectivity index (χ2n) is 5.41. The fourth-order valence-corrected chi connectivity index (χ4v) is 2.18. The highest BCUT2D eigenvalue weighted by Gasteiger charge is 2.11. The molecule has 2 amide bonds. The van der Waals surface area contributed by atoms with E-state index in [9.17, 15) is 9.59 Å². The first-order chi connectivity index (χ1) is 10.4. The van der Waals surface area contributed by atoms with E-state index in [0.29, 0.717) is 5.56 Å². The number of carbonyl (C=O) groups is 2. The molecule has 2 N–H and O–H groups in total. The molecule has 6 nitrogen and oxygen atoms in total. The SMILES string of the molecule is Cc1ccc(C)c(C(=O)NNC(=O)Cn2nc(C)cc2C)c1. The van der Waals surface area contributed by atoms with Gasteiger partial charge in [-0.1, -0.05) is 17.7 Å². The number of nitrogens with one attached hydrogen (secondary N) is 2. The fourth-order valence-electron chi connectivity index (χ4n) is 2.18. The van der Waals surface area contributed by atoms with Gasteiger partial charge < -0.3 is 0 Å². The van der Waals surface area contributed by atoms with E-state index in [2.05, 4.69) is 16.0 Å². The maximum Gasteiger partial charge on any atom is 0.269 e. The maximum atomic E-state index is 12.1. The molecule has 1 aromatic heterocycles. The van der Waals surface area contributed by atoms with Gasteiger partial charge in [0, 0.05) is 11.3 Å². The summed E-state index contributed by atoms with van der Waals surface area (Å²) in [5, 5.41) is 4.20. The molecule has 116 valence electrons. The van der Waals surface area contributed by atoms with Gasteiger partial charge >= 0.3 is 0 Å². The van der Waals surface area contributed by atoms with E-state index in [-0.39, 0.29) is 18.4 Å². The number of hydrazine groups is 1. The van der Waals surface area contributed by atoms with Gasteiger partial charge in [0.25, 0.3) is 11.8 Å². The van der Waals surface area contributed by atoms with E-state index in [1.54, 1.807) is 10.7 Å². The minimum Gasteiger partial charge on any atom is -0.271 e. The van der Waals surface area contributed by atoms with Crippen molar-refractivity contribution in [3.63, 3.8) is 0 Å². The first kappa shape index (κ1) is 15.8. The molecule has 0 radical (unpaired) electrons. The highest BCUT2D eigenvalue weighted by molar-refractivity contribution is 5.96. The molecule has 0 spiro atoms. The van der Waals surface area contributed by atoms with Crippen molar-refractivity contribution in [1.29, 1.82) is 0 Å². The Hall–Kier alpha value is -2.63. The largest absolute Gasteiger partial charge is 0.271 e. The molecule has 0 aliphatic carbocycles. The van der Waals surface area contributed by atoms with Crippen LogP contribution in [0.5, 0.6) is 0 Å². The minimum atomic E-state index is -0.331. The number of nitrogens with zero attached hydrogens (tertiary/aromatic N) is 2. The third-order valence-corrected chi connectivity index (χ3v) is 3.35. The molecule has 6 heteroatoms. The first-order valence-corrected chi connectivity index (χ1v) is 7.04. The summed E-state index contributed by atoms with van der Waals surface area (Å²) in [6.07, 6.45) is 0. The van der Waals surface area contributed by atoms with Crippen molar-refractivity contribution in [2.45, 2.75) is 34.2 Å². The fraction of sp³-hybridized carbons (Fsp3) is 0.312. The molecule has 0 unspecified atom stereocenters. The van der Waals surface area contributed by atoms with Gasteiger partial charge in [-0.25, -0.2) is 0 Å². The Bertz CT molecular complexity index is 719. The van der Waals surface area contributed by atoms with Gasteiger partial charge in [-0.2, -0.15) is 5.10 Å². The number of carbonyl (C=O) groups excluding carboxylic acids is 2. The molecule has 0 aliphatic heterocycles. The number of rotatable bonds is 3. The van der Waals surface area contributed by atoms with Crippen LogP contribution in [0.15, 0.2) is 24.3 Å². The standard InChI is InChI=1S/C16H20N4O2/c1-10-5-6-11(2)14(7-10)16(22)18-17-15(21)9-20-13(4)8-12(3)19-20/h5-8H,9H2,1-4H3,(H,17,21)(H,18,22). The third-order valence-electron chi connectivity index (χ3n) is 3.35. The lowest BCUT2D eigenvalue weighted by Gasteiger charge is -2.10. The predicted octanol–water partition coefficient (Wildman–Crippen LogP) is 1.58. The summed E-state index contributed by atoms with van der Waals surface area (Å²) in [7, 11) is 0. The van der Waals surface area contributed by atoms with E-state index in [1.165, 1.54) is 0 Å². The molecule has 1 aromatic carbocycles. The Morgan fingerprint density at radius 3 is 2.45 bits per heavy atom. The molecule has 22 heavy (non-hydrogen) atoms. The van der Waals surface area contributed by atoms with Crippen LogP contribution in [0.3, 0.4) is 0 Å². The van der Waals surface area contributed by atoms with E-state index in [1.807, 2.05) is 45.9 Å². The van der Waals surface area contributed by atoms with Gasteiger partial charge in [0.1, 0.15) is 6.54 Å². The van der Waals surface area contributed by atoms with Gasteiger partial charge in [-0.3, -0.25) is 25.1 Å². The Kier molecular flexibility index (Phi) is 4.60. The number of hydrogen-bond donors (Lipinski definition) is 2. The van der Waals surface area contributed by atoms with Crippen LogP contribution in [0.2, 0.25) is 0 Å². The number of aryl methyl sites for hydroxylation is 4. The zero-order valence-electron chi connectivity index (χ0n) is 13.2. The molecule has 2 rings (SSSR count). The Morgan fingerprint density at radius 2 is 1.82 bits per heavy atom. The Balaban J connectivity index is 1.95. The average Bonchev–Trinajstić information content (AvgIpc) is 2.77. The van der Waals surface area contributed by atoms with E-state index in [4.69, 9.17) is 0 Å². The Morgan fingerprint density at radius 1 is 1.09 bits per heavy atom. The quantitative estimate of drug-likeness (QED) is 0.845. The molecule has 0 bridgehead atoms. The summed E-state index contributed by atoms with van der Waals surface area (Å²) in [5.74, 6) is -0.659. The number of amides is 2. The van der Waals surface area contributed by atoms with Gasteiger partial charge in [0.05, 0.1) is 5.69 Å². The summed E-state index contributed by atoms with van der Waals surface area (Å²) in [6, 6.07) is 7.50. The topological polar surface area (TPSA) is 76.0 Å². The summed E-state index contributed by atoms with van der Waals surface area (Å²) in [4.78, 5) is 24.0. The molecule has 0 saturated heterocycles. The predicted molar refractivity (Wildman–Crippen MR) is 83.2 cm³/mol. The lowest BCUT2D eigenvalue weighted by atomic mass is 10.1. The van der Waals surface area contributed by atoms with Crippen molar-refractivity contribution >= 4 is 11.8 Å². The summed E-state index contributed by atoms with van der Waals surface area (Å²) in [6.45, 7) is 7.57. The zero-order chi connectivity index (χ0) is 16.3. The van der Waals surface area contributed by atoms with Crippen molar-refractivity contribution in [2.24, 2.45) is 0 Å². The normalized spacial score (nSPS) is 10.4. The first-order valence-electron chi connectivity index (χ1n) is 7.04. The molecular weight excluding hydrogens is 280 g/mol. The second kappa shape index (κ2) is 6.43. The number of aromatic nitrogens is 2. The van der Waals surface area contributed by atoms with Crippen molar-refractivity contribution in [1.82, 2.24) is 20.6 Å². The van der Waals surface area contributed by atoms with Gasteiger partial charge in [0.2, 0.25) is 0 Å². The molecule has 0 atom stereocenters. The molecule has 0 saturated carbocycles. The van der Waals surface area contributed by atoms with E-state index < -0.39 is 0 Å². The molecule has 0 aliphatic rings. The smallest absolute Gasteiger partial charge is 0.269 e. The number of benzene rings is 1. The van der Waals surface area contributed by atoms with Gasteiger partial charge in [-0.15, -0.1) is 0 Å². The molecule has 2 aromatic rings. The lowest BCUT2D eigenvalue weighted by molar-refractivity contribution is -0.122. The van der Waals surface area contributed by atoms with E-state index >= 15 is 0 Å². The van der Waals surface area contributed by atoms with Crippen LogP contribution in [0.25, 0.3) is 0 Å². The number of hydrogen-bond acceptors (Lipinski definition) is 3. The van der Waals surface area contributed by atoms with Crippen LogP contribution in [0.1, 0.15) is 32.9 Å². The van der Waals surface area contributed by atoms with Gasteiger partial charge in [0.15, 0.2) is 0 Å². The van der Waals surface area contributed by atoms with Crippen LogP contribution >= 0.6 is 0 Å². The summed E-state index contributed by atoms with van der Waals surface area (Å²) in [5.41, 5.74) is 8.99. The van der Waals surface area contributed by atoms with Crippen LogP contribution in [0, 0.1) is 27.7 Å². The Labute approximate surface area is 129 Å². The highest BCUT2D eigenvalue weighted by atomic mass is 16.2. The van der Waals surface area contributed by atoms with Gasteiger partial charge in [-0.05, 0) is 45.4 Å². The second-order valence-corrected chi connectivity index (χ2v) is 5.41.